The van der Waals surface area contributed by atoms with Gasteiger partial charge in [-0.05, 0) is 30.3 Å². The van der Waals surface area contributed by atoms with Gasteiger partial charge in [0.15, 0.2) is 0 Å². The molecule has 0 fully saturated rings. The molecule has 0 saturated carbocycles. The first kappa shape index (κ1) is 11.0. The van der Waals surface area contributed by atoms with Crippen LogP contribution in [0.15, 0.2) is 36.5 Å². The first-order valence-electron chi connectivity index (χ1n) is 5.54. The van der Waals surface area contributed by atoms with E-state index in [-0.39, 0.29) is 12.6 Å². The standard InChI is InChI=1S/C13H16N2O/c1-2-14-13(9-16)11-5-6-12-10(8-11)4-3-7-15-12/h3-8,13-14,16H,2,9H2,1H3. The second kappa shape index (κ2) is 5.05. The van der Waals surface area contributed by atoms with Crippen molar-refractivity contribution in [2.45, 2.75) is 13.0 Å². The molecular formula is C13H16N2O. The highest BCUT2D eigenvalue weighted by Crippen LogP contribution is 2.18. The third kappa shape index (κ3) is 2.21. The number of nitrogens with zero attached hydrogens (tertiary/aromatic N) is 1. The van der Waals surface area contributed by atoms with Gasteiger partial charge in [-0.25, -0.2) is 0 Å². The smallest absolute Gasteiger partial charge is 0.0702 e. The molecule has 3 heteroatoms. The van der Waals surface area contributed by atoms with Crippen LogP contribution in [0.2, 0.25) is 0 Å². The number of hydrogen-bond donors (Lipinski definition) is 2. The maximum Gasteiger partial charge on any atom is 0.0702 e. The van der Waals surface area contributed by atoms with Gasteiger partial charge < -0.3 is 10.4 Å². The van der Waals surface area contributed by atoms with Crippen molar-refractivity contribution in [1.29, 1.82) is 0 Å². The third-order valence-corrected chi connectivity index (χ3v) is 2.66. The number of rotatable bonds is 4. The molecule has 0 bridgehead atoms. The van der Waals surface area contributed by atoms with Crippen LogP contribution in [0, 0.1) is 0 Å². The fourth-order valence-corrected chi connectivity index (χ4v) is 1.85. The largest absolute Gasteiger partial charge is 0.394 e. The van der Waals surface area contributed by atoms with Crippen LogP contribution >= 0.6 is 0 Å². The van der Waals surface area contributed by atoms with Crippen molar-refractivity contribution >= 4 is 10.9 Å². The Kier molecular flexibility index (Phi) is 3.49. The van der Waals surface area contributed by atoms with Gasteiger partial charge in [0.25, 0.3) is 0 Å². The maximum absolute atomic E-state index is 9.30. The van der Waals surface area contributed by atoms with Crippen LogP contribution in [-0.4, -0.2) is 23.2 Å². The van der Waals surface area contributed by atoms with Crippen molar-refractivity contribution in [3.63, 3.8) is 0 Å². The van der Waals surface area contributed by atoms with Gasteiger partial charge in [0.1, 0.15) is 0 Å². The minimum Gasteiger partial charge on any atom is -0.394 e. The molecule has 0 aliphatic heterocycles. The number of pyridine rings is 1. The fraction of sp³-hybridized carbons (Fsp3) is 0.308. The number of likely N-dealkylation sites (N-methyl/N-ethyl adjacent to an activating group) is 1. The Labute approximate surface area is 95.1 Å². The van der Waals surface area contributed by atoms with E-state index in [1.807, 2.05) is 31.2 Å². The van der Waals surface area contributed by atoms with Crippen molar-refractivity contribution in [3.8, 4) is 0 Å². The van der Waals surface area contributed by atoms with Crippen LogP contribution in [0.3, 0.4) is 0 Å². The van der Waals surface area contributed by atoms with E-state index in [1.165, 1.54) is 0 Å². The Balaban J connectivity index is 2.37. The minimum absolute atomic E-state index is 0.00889. The molecule has 0 saturated heterocycles. The number of aromatic nitrogens is 1. The van der Waals surface area contributed by atoms with Crippen LogP contribution in [0.4, 0.5) is 0 Å². The van der Waals surface area contributed by atoms with Crippen LogP contribution in [0.25, 0.3) is 10.9 Å². The van der Waals surface area contributed by atoms with Gasteiger partial charge in [-0.3, -0.25) is 4.98 Å². The number of benzene rings is 1. The highest BCUT2D eigenvalue weighted by atomic mass is 16.3. The van der Waals surface area contributed by atoms with Crippen LogP contribution in [0.5, 0.6) is 0 Å². The average Bonchev–Trinajstić information content (AvgIpc) is 2.35. The lowest BCUT2D eigenvalue weighted by Crippen LogP contribution is -2.23. The summed E-state index contributed by atoms with van der Waals surface area (Å²) in [4.78, 5) is 4.27. The lowest BCUT2D eigenvalue weighted by Gasteiger charge is -2.15. The molecule has 16 heavy (non-hydrogen) atoms. The normalized spacial score (nSPS) is 12.9. The SMILES string of the molecule is CCNC(CO)c1ccc2ncccc2c1. The van der Waals surface area contributed by atoms with Gasteiger partial charge in [0, 0.05) is 11.6 Å². The van der Waals surface area contributed by atoms with E-state index in [2.05, 4.69) is 16.4 Å². The van der Waals surface area contributed by atoms with Crippen molar-refractivity contribution < 1.29 is 5.11 Å². The van der Waals surface area contributed by atoms with Crippen molar-refractivity contribution in [2.24, 2.45) is 0 Å². The van der Waals surface area contributed by atoms with E-state index >= 15 is 0 Å². The van der Waals surface area contributed by atoms with Gasteiger partial charge in [-0.15, -0.1) is 0 Å². The molecule has 3 nitrogen and oxygen atoms in total. The molecule has 0 amide bonds. The van der Waals surface area contributed by atoms with Crippen LogP contribution < -0.4 is 5.32 Å². The van der Waals surface area contributed by atoms with Crippen LogP contribution in [0.1, 0.15) is 18.5 Å². The Morgan fingerprint density at radius 3 is 3.00 bits per heavy atom. The summed E-state index contributed by atoms with van der Waals surface area (Å²) in [5, 5.41) is 13.7. The number of aliphatic hydroxyl groups is 1. The van der Waals surface area contributed by atoms with E-state index in [4.69, 9.17) is 0 Å². The Hall–Kier alpha value is -1.45. The molecule has 1 aromatic heterocycles. The van der Waals surface area contributed by atoms with Crippen molar-refractivity contribution in [2.75, 3.05) is 13.2 Å². The van der Waals surface area contributed by atoms with Crippen LogP contribution in [-0.2, 0) is 0 Å². The van der Waals surface area contributed by atoms with Gasteiger partial charge in [-0.2, -0.15) is 0 Å². The summed E-state index contributed by atoms with van der Waals surface area (Å²) in [6.45, 7) is 2.99. The quantitative estimate of drug-likeness (QED) is 0.820. The lowest BCUT2D eigenvalue weighted by molar-refractivity contribution is 0.246. The first-order chi connectivity index (χ1) is 7.85. The summed E-state index contributed by atoms with van der Waals surface area (Å²) < 4.78 is 0. The highest BCUT2D eigenvalue weighted by Gasteiger charge is 2.08. The molecule has 2 aromatic rings. The molecule has 2 rings (SSSR count). The second-order valence-electron chi connectivity index (χ2n) is 3.75. The molecule has 1 heterocycles. The van der Waals surface area contributed by atoms with Gasteiger partial charge in [0.05, 0.1) is 18.2 Å². The Bertz CT molecular complexity index is 470. The summed E-state index contributed by atoms with van der Waals surface area (Å²) in [5.41, 5.74) is 2.09. The zero-order valence-electron chi connectivity index (χ0n) is 9.35. The predicted octanol–water partition coefficient (Wildman–Crippen LogP) is 1.88. The van der Waals surface area contributed by atoms with E-state index in [0.29, 0.717) is 0 Å². The van der Waals surface area contributed by atoms with E-state index in [0.717, 1.165) is 23.0 Å². The Morgan fingerprint density at radius 1 is 1.38 bits per heavy atom. The van der Waals surface area contributed by atoms with E-state index < -0.39 is 0 Å². The third-order valence-electron chi connectivity index (χ3n) is 2.66. The lowest BCUT2D eigenvalue weighted by atomic mass is 10.0. The number of hydrogen-bond acceptors (Lipinski definition) is 3. The topological polar surface area (TPSA) is 45.1 Å². The minimum atomic E-state index is 0.00889. The molecule has 0 radical (unpaired) electrons. The summed E-state index contributed by atoms with van der Waals surface area (Å²) in [6, 6.07) is 10.0. The highest BCUT2D eigenvalue weighted by molar-refractivity contribution is 5.79. The number of aliphatic hydroxyl groups excluding tert-OH is 1. The molecular weight excluding hydrogens is 200 g/mol. The molecule has 1 atom stereocenters. The molecule has 84 valence electrons. The average molecular weight is 216 g/mol. The summed E-state index contributed by atoms with van der Waals surface area (Å²) in [7, 11) is 0. The molecule has 0 aliphatic rings. The summed E-state index contributed by atoms with van der Waals surface area (Å²) >= 11 is 0. The zero-order valence-corrected chi connectivity index (χ0v) is 9.35. The Morgan fingerprint density at radius 2 is 2.25 bits per heavy atom. The van der Waals surface area contributed by atoms with E-state index in [9.17, 15) is 5.11 Å². The second-order valence-corrected chi connectivity index (χ2v) is 3.75. The molecule has 0 spiro atoms. The molecule has 1 unspecified atom stereocenters. The maximum atomic E-state index is 9.30. The summed E-state index contributed by atoms with van der Waals surface area (Å²) in [5.74, 6) is 0. The van der Waals surface area contributed by atoms with E-state index in [1.54, 1.807) is 6.20 Å². The van der Waals surface area contributed by atoms with Gasteiger partial charge >= 0.3 is 0 Å². The predicted molar refractivity (Wildman–Crippen MR) is 65.2 cm³/mol. The van der Waals surface area contributed by atoms with Crippen molar-refractivity contribution in [3.05, 3.63) is 42.1 Å². The molecule has 2 N–H and O–H groups in total. The molecule has 1 aromatic carbocycles. The number of fused-ring (bicyclic) bond motifs is 1. The monoisotopic (exact) mass is 216 g/mol. The molecule has 0 aliphatic carbocycles. The van der Waals surface area contributed by atoms with Crippen molar-refractivity contribution in [1.82, 2.24) is 10.3 Å². The fourth-order valence-electron chi connectivity index (χ4n) is 1.85. The first-order valence-corrected chi connectivity index (χ1v) is 5.54. The number of nitrogens with one attached hydrogen (secondary N) is 1. The zero-order chi connectivity index (χ0) is 11.4. The van der Waals surface area contributed by atoms with Gasteiger partial charge in [-0.1, -0.05) is 19.1 Å². The van der Waals surface area contributed by atoms with Gasteiger partial charge in [0.2, 0.25) is 0 Å². The summed E-state index contributed by atoms with van der Waals surface area (Å²) in [6.07, 6.45) is 1.79.